The van der Waals surface area contributed by atoms with Crippen molar-refractivity contribution in [1.29, 1.82) is 0 Å². The minimum absolute atomic E-state index is 0.168. The molecule has 108 valence electrons. The van der Waals surface area contributed by atoms with Crippen LogP contribution < -0.4 is 5.32 Å². The van der Waals surface area contributed by atoms with E-state index in [1.165, 1.54) is 13.1 Å². The molecule has 0 atom stereocenters. The van der Waals surface area contributed by atoms with Gasteiger partial charge >= 0.3 is 6.18 Å². The van der Waals surface area contributed by atoms with Crippen molar-refractivity contribution in [3.05, 3.63) is 17.5 Å². The molecule has 19 heavy (non-hydrogen) atoms. The van der Waals surface area contributed by atoms with Crippen LogP contribution in [0.2, 0.25) is 0 Å². The Kier molecular flexibility index (Phi) is 5.34. The van der Waals surface area contributed by atoms with Crippen LogP contribution in [0.5, 0.6) is 0 Å². The number of hydrogen-bond acceptors (Lipinski definition) is 4. The molecule has 0 saturated carbocycles. The summed E-state index contributed by atoms with van der Waals surface area (Å²) in [7, 11) is 1.39. The zero-order chi connectivity index (χ0) is 14.5. The largest absolute Gasteiger partial charge is 0.401 e. The molecule has 0 fully saturated rings. The van der Waals surface area contributed by atoms with E-state index in [0.717, 1.165) is 4.90 Å². The minimum Gasteiger partial charge on any atom is -0.361 e. The van der Waals surface area contributed by atoms with Crippen LogP contribution in [0.4, 0.5) is 13.2 Å². The SMILES string of the molecule is Cc1cc(C(=O)NCCCN(C)CC(F)(F)F)no1. The van der Waals surface area contributed by atoms with Crippen molar-refractivity contribution >= 4 is 5.91 Å². The van der Waals surface area contributed by atoms with Gasteiger partial charge in [0.25, 0.3) is 5.91 Å². The van der Waals surface area contributed by atoms with E-state index in [1.807, 2.05) is 0 Å². The van der Waals surface area contributed by atoms with E-state index in [4.69, 9.17) is 4.52 Å². The highest BCUT2D eigenvalue weighted by Gasteiger charge is 2.28. The Bertz CT molecular complexity index is 418. The smallest absolute Gasteiger partial charge is 0.361 e. The molecular weight excluding hydrogens is 263 g/mol. The average Bonchev–Trinajstić information content (AvgIpc) is 2.68. The summed E-state index contributed by atoms with van der Waals surface area (Å²) in [6.45, 7) is 1.24. The number of carbonyl (C=O) groups is 1. The first-order chi connectivity index (χ1) is 8.78. The fraction of sp³-hybridized carbons (Fsp3) is 0.636. The van der Waals surface area contributed by atoms with E-state index in [-0.39, 0.29) is 18.8 Å². The first-order valence-electron chi connectivity index (χ1n) is 5.75. The molecule has 1 aromatic heterocycles. The molecule has 1 heterocycles. The van der Waals surface area contributed by atoms with Gasteiger partial charge in [0.2, 0.25) is 0 Å². The Morgan fingerprint density at radius 2 is 2.21 bits per heavy atom. The summed E-state index contributed by atoms with van der Waals surface area (Å²) in [5, 5.41) is 6.09. The van der Waals surface area contributed by atoms with Crippen molar-refractivity contribution in [2.75, 3.05) is 26.7 Å². The van der Waals surface area contributed by atoms with E-state index in [2.05, 4.69) is 10.5 Å². The van der Waals surface area contributed by atoms with Gasteiger partial charge in [-0.2, -0.15) is 13.2 Å². The van der Waals surface area contributed by atoms with Crippen molar-refractivity contribution in [3.63, 3.8) is 0 Å². The number of aromatic nitrogens is 1. The van der Waals surface area contributed by atoms with Gasteiger partial charge in [0, 0.05) is 12.6 Å². The number of amides is 1. The van der Waals surface area contributed by atoms with Crippen molar-refractivity contribution < 1.29 is 22.5 Å². The summed E-state index contributed by atoms with van der Waals surface area (Å²) < 4.78 is 40.9. The topological polar surface area (TPSA) is 58.4 Å². The van der Waals surface area contributed by atoms with Gasteiger partial charge in [0.1, 0.15) is 5.76 Å². The van der Waals surface area contributed by atoms with Crippen LogP contribution in [0, 0.1) is 6.92 Å². The van der Waals surface area contributed by atoms with Gasteiger partial charge < -0.3 is 9.84 Å². The number of halogens is 3. The number of alkyl halides is 3. The van der Waals surface area contributed by atoms with Gasteiger partial charge in [0.05, 0.1) is 6.54 Å². The molecule has 0 saturated heterocycles. The summed E-state index contributed by atoms with van der Waals surface area (Å²) in [4.78, 5) is 12.7. The maximum Gasteiger partial charge on any atom is 0.401 e. The van der Waals surface area contributed by atoms with Crippen LogP contribution in [-0.2, 0) is 0 Å². The maximum atomic E-state index is 12.0. The Morgan fingerprint density at radius 1 is 1.53 bits per heavy atom. The van der Waals surface area contributed by atoms with Crippen molar-refractivity contribution in [1.82, 2.24) is 15.4 Å². The highest BCUT2D eigenvalue weighted by atomic mass is 19.4. The summed E-state index contributed by atoms with van der Waals surface area (Å²) >= 11 is 0. The average molecular weight is 279 g/mol. The van der Waals surface area contributed by atoms with Gasteiger partial charge in [-0.3, -0.25) is 9.69 Å². The molecule has 0 unspecified atom stereocenters. The van der Waals surface area contributed by atoms with Crippen LogP contribution in [0.25, 0.3) is 0 Å². The van der Waals surface area contributed by atoms with Gasteiger partial charge in [-0.1, -0.05) is 5.16 Å². The first-order valence-corrected chi connectivity index (χ1v) is 5.75. The second-order valence-electron chi connectivity index (χ2n) is 4.29. The molecule has 1 N–H and O–H groups in total. The van der Waals surface area contributed by atoms with Gasteiger partial charge in [-0.25, -0.2) is 0 Å². The molecule has 0 aliphatic carbocycles. The second-order valence-corrected chi connectivity index (χ2v) is 4.29. The van der Waals surface area contributed by atoms with Crippen LogP contribution in [-0.4, -0.2) is 48.8 Å². The van der Waals surface area contributed by atoms with Crippen LogP contribution in [0.15, 0.2) is 10.6 Å². The van der Waals surface area contributed by atoms with Crippen molar-refractivity contribution in [3.8, 4) is 0 Å². The Balaban J connectivity index is 2.19. The Labute approximate surface area is 108 Å². The normalized spacial score (nSPS) is 11.9. The molecule has 0 aliphatic heterocycles. The predicted octanol–water partition coefficient (Wildman–Crippen LogP) is 1.60. The van der Waals surface area contributed by atoms with Gasteiger partial charge in [0.15, 0.2) is 5.69 Å². The molecule has 1 amide bonds. The lowest BCUT2D eigenvalue weighted by molar-refractivity contribution is -0.143. The summed E-state index contributed by atoms with van der Waals surface area (Å²) in [6.07, 6.45) is -3.77. The lowest BCUT2D eigenvalue weighted by Crippen LogP contribution is -2.33. The molecule has 1 aromatic rings. The number of aryl methyl sites for hydroxylation is 1. The monoisotopic (exact) mass is 279 g/mol. The standard InChI is InChI=1S/C11H16F3N3O2/c1-8-6-9(16-19-8)10(18)15-4-3-5-17(2)7-11(12,13)14/h6H,3-5,7H2,1-2H3,(H,15,18). The second kappa shape index (κ2) is 6.55. The lowest BCUT2D eigenvalue weighted by atomic mass is 10.3. The molecule has 0 radical (unpaired) electrons. The zero-order valence-electron chi connectivity index (χ0n) is 10.8. The van der Waals surface area contributed by atoms with E-state index in [1.54, 1.807) is 6.92 Å². The van der Waals surface area contributed by atoms with E-state index >= 15 is 0 Å². The van der Waals surface area contributed by atoms with Gasteiger partial charge in [-0.15, -0.1) is 0 Å². The van der Waals surface area contributed by atoms with Crippen molar-refractivity contribution in [2.24, 2.45) is 0 Å². The third-order valence-corrected chi connectivity index (χ3v) is 2.31. The predicted molar refractivity (Wildman–Crippen MR) is 61.7 cm³/mol. The fourth-order valence-corrected chi connectivity index (χ4v) is 1.50. The number of nitrogens with one attached hydrogen (secondary N) is 1. The maximum absolute atomic E-state index is 12.0. The van der Waals surface area contributed by atoms with Crippen LogP contribution in [0.1, 0.15) is 22.7 Å². The molecule has 8 heteroatoms. The molecule has 0 aliphatic rings. The molecule has 0 aromatic carbocycles. The number of nitrogens with zero attached hydrogens (tertiary/aromatic N) is 2. The van der Waals surface area contributed by atoms with Crippen molar-refractivity contribution in [2.45, 2.75) is 19.5 Å². The third kappa shape index (κ3) is 6.23. The Hall–Kier alpha value is -1.57. The van der Waals surface area contributed by atoms with E-state index < -0.39 is 18.6 Å². The zero-order valence-corrected chi connectivity index (χ0v) is 10.8. The molecule has 0 bridgehead atoms. The Morgan fingerprint density at radius 3 is 2.74 bits per heavy atom. The number of hydrogen-bond donors (Lipinski definition) is 1. The lowest BCUT2D eigenvalue weighted by Gasteiger charge is -2.18. The number of rotatable bonds is 6. The highest BCUT2D eigenvalue weighted by molar-refractivity contribution is 5.92. The van der Waals surface area contributed by atoms with Crippen LogP contribution in [0.3, 0.4) is 0 Å². The third-order valence-electron chi connectivity index (χ3n) is 2.31. The molecule has 5 nitrogen and oxygen atoms in total. The van der Waals surface area contributed by atoms with E-state index in [9.17, 15) is 18.0 Å². The summed E-state index contributed by atoms with van der Waals surface area (Å²) in [5.41, 5.74) is 0.168. The fourth-order valence-electron chi connectivity index (χ4n) is 1.50. The molecule has 0 spiro atoms. The quantitative estimate of drug-likeness (QED) is 0.804. The van der Waals surface area contributed by atoms with E-state index in [0.29, 0.717) is 12.2 Å². The highest BCUT2D eigenvalue weighted by Crippen LogP contribution is 2.15. The molecular formula is C11H16F3N3O2. The molecule has 1 rings (SSSR count). The number of carbonyl (C=O) groups excluding carboxylic acids is 1. The van der Waals surface area contributed by atoms with Crippen LogP contribution >= 0.6 is 0 Å². The van der Waals surface area contributed by atoms with Gasteiger partial charge in [-0.05, 0) is 26.9 Å². The summed E-state index contributed by atoms with van der Waals surface area (Å²) in [5.74, 6) is 0.130. The first kappa shape index (κ1) is 15.5. The summed E-state index contributed by atoms with van der Waals surface area (Å²) in [6, 6.07) is 1.49. The minimum atomic E-state index is -4.20.